The van der Waals surface area contributed by atoms with E-state index in [4.69, 9.17) is 4.84 Å². The number of anilines is 1. The number of rotatable bonds is 6. The Morgan fingerprint density at radius 3 is 2.37 bits per heavy atom. The van der Waals surface area contributed by atoms with Crippen LogP contribution in [0, 0.1) is 0 Å². The number of nitrogens with one attached hydrogen (secondary N) is 2. The predicted octanol–water partition coefficient (Wildman–Crippen LogP) is 2.72. The van der Waals surface area contributed by atoms with Crippen molar-refractivity contribution in [3.05, 3.63) is 66.2 Å². The third kappa shape index (κ3) is 5.24. The molecule has 7 heteroatoms. The average molecular weight is 406 g/mol. The fourth-order valence-electron chi connectivity index (χ4n) is 3.79. The van der Waals surface area contributed by atoms with E-state index in [0.29, 0.717) is 18.7 Å². The molecular weight excluding hydrogens is 380 g/mol. The van der Waals surface area contributed by atoms with Crippen molar-refractivity contribution >= 4 is 23.2 Å². The number of para-hydroxylation sites is 1. The average Bonchev–Trinajstić information content (AvgIpc) is 3.27. The lowest BCUT2D eigenvalue weighted by Gasteiger charge is -2.31. The summed E-state index contributed by atoms with van der Waals surface area (Å²) in [7, 11) is 0. The van der Waals surface area contributed by atoms with Gasteiger partial charge < -0.3 is 15.5 Å². The van der Waals surface area contributed by atoms with Gasteiger partial charge in [0.15, 0.2) is 6.10 Å². The second-order valence-corrected chi connectivity index (χ2v) is 7.68. The van der Waals surface area contributed by atoms with Gasteiger partial charge in [0, 0.05) is 31.2 Å². The maximum atomic E-state index is 12.6. The van der Waals surface area contributed by atoms with E-state index in [1.54, 1.807) is 0 Å². The lowest BCUT2D eigenvalue weighted by Crippen LogP contribution is -2.47. The van der Waals surface area contributed by atoms with Gasteiger partial charge in [-0.25, -0.2) is 0 Å². The lowest BCUT2D eigenvalue weighted by atomic mass is 10.0. The van der Waals surface area contributed by atoms with Gasteiger partial charge in [-0.15, -0.1) is 0 Å². The van der Waals surface area contributed by atoms with Crippen LogP contribution in [0.2, 0.25) is 0 Å². The highest BCUT2D eigenvalue weighted by atomic mass is 16.6. The Bertz CT molecular complexity index is 893. The predicted molar refractivity (Wildman–Crippen MR) is 115 cm³/mol. The minimum absolute atomic E-state index is 0.0203. The normalized spacial score (nSPS) is 19.6. The highest BCUT2D eigenvalue weighted by Crippen LogP contribution is 2.27. The second kappa shape index (κ2) is 9.54. The number of benzene rings is 2. The van der Waals surface area contributed by atoms with Crippen molar-refractivity contribution in [1.82, 2.24) is 10.2 Å². The van der Waals surface area contributed by atoms with Crippen molar-refractivity contribution in [1.29, 1.82) is 0 Å². The largest absolute Gasteiger partial charge is 0.387 e. The fraction of sp³-hybridized carbons (Fsp3) is 0.348. The molecule has 2 aromatic rings. The van der Waals surface area contributed by atoms with Crippen molar-refractivity contribution in [2.45, 2.75) is 31.4 Å². The van der Waals surface area contributed by atoms with Crippen LogP contribution in [0.3, 0.4) is 0 Å². The number of hydrogen-bond donors (Lipinski definition) is 2. The lowest BCUT2D eigenvalue weighted by molar-refractivity contribution is -0.118. The quantitative estimate of drug-likeness (QED) is 0.773. The third-order valence-electron chi connectivity index (χ3n) is 5.45. The first-order valence-electron chi connectivity index (χ1n) is 10.3. The van der Waals surface area contributed by atoms with Crippen LogP contribution in [0.5, 0.6) is 0 Å². The first-order valence-corrected chi connectivity index (χ1v) is 10.3. The van der Waals surface area contributed by atoms with Gasteiger partial charge in [0.05, 0.1) is 6.54 Å². The molecule has 2 aromatic carbocycles. The summed E-state index contributed by atoms with van der Waals surface area (Å²) in [4.78, 5) is 32.3. The molecule has 7 nitrogen and oxygen atoms in total. The topological polar surface area (TPSA) is 83.0 Å². The molecule has 2 amide bonds. The van der Waals surface area contributed by atoms with Gasteiger partial charge in [-0.1, -0.05) is 53.7 Å². The molecule has 1 saturated heterocycles. The van der Waals surface area contributed by atoms with Crippen LogP contribution in [0.15, 0.2) is 65.8 Å². The van der Waals surface area contributed by atoms with Crippen molar-refractivity contribution in [2.24, 2.45) is 5.16 Å². The standard InChI is InChI=1S/C23H26N4O3/c28-22(24-18-9-5-2-6-10-18)16-27-13-11-19(12-14-27)25-23(29)20-15-21(30-26-20)17-7-3-1-4-8-17/h1-10,19,21H,11-16H2,(H,24,28)(H,25,29). The molecule has 2 aliphatic rings. The van der Waals surface area contributed by atoms with Crippen LogP contribution in [0.4, 0.5) is 5.69 Å². The number of likely N-dealkylation sites (tertiary alicyclic amines) is 1. The third-order valence-corrected chi connectivity index (χ3v) is 5.45. The smallest absolute Gasteiger partial charge is 0.269 e. The van der Waals surface area contributed by atoms with Gasteiger partial charge in [-0.3, -0.25) is 14.5 Å². The molecule has 1 unspecified atom stereocenters. The monoisotopic (exact) mass is 406 g/mol. The molecule has 1 atom stereocenters. The molecule has 2 N–H and O–H groups in total. The summed E-state index contributed by atoms with van der Waals surface area (Å²) in [6.45, 7) is 1.89. The summed E-state index contributed by atoms with van der Waals surface area (Å²) in [5.74, 6) is -0.179. The van der Waals surface area contributed by atoms with Gasteiger partial charge >= 0.3 is 0 Å². The van der Waals surface area contributed by atoms with E-state index in [0.717, 1.165) is 37.2 Å². The Morgan fingerprint density at radius 2 is 1.67 bits per heavy atom. The molecule has 1 fully saturated rings. The van der Waals surface area contributed by atoms with Crippen molar-refractivity contribution in [3.63, 3.8) is 0 Å². The van der Waals surface area contributed by atoms with E-state index in [1.807, 2.05) is 60.7 Å². The molecule has 156 valence electrons. The summed E-state index contributed by atoms with van der Waals surface area (Å²) in [6, 6.07) is 19.3. The van der Waals surface area contributed by atoms with Crippen LogP contribution in [0.1, 0.15) is 30.9 Å². The molecule has 0 radical (unpaired) electrons. The molecule has 0 spiro atoms. The van der Waals surface area contributed by atoms with Crippen LogP contribution >= 0.6 is 0 Å². The molecule has 0 aromatic heterocycles. The number of nitrogens with zero attached hydrogens (tertiary/aromatic N) is 2. The molecule has 2 heterocycles. The van der Waals surface area contributed by atoms with Crippen molar-refractivity contribution < 1.29 is 14.4 Å². The van der Waals surface area contributed by atoms with Gasteiger partial charge in [0.2, 0.25) is 5.91 Å². The first-order chi connectivity index (χ1) is 14.7. The number of oxime groups is 1. The van der Waals surface area contributed by atoms with Crippen LogP contribution in [-0.2, 0) is 14.4 Å². The Morgan fingerprint density at radius 1 is 1.00 bits per heavy atom. The number of amides is 2. The van der Waals surface area contributed by atoms with Gasteiger partial charge in [0.1, 0.15) is 5.71 Å². The first kappa shape index (κ1) is 20.1. The molecule has 2 aliphatic heterocycles. The van der Waals surface area contributed by atoms with E-state index in [-0.39, 0.29) is 24.0 Å². The second-order valence-electron chi connectivity index (χ2n) is 7.68. The number of hydrogen-bond acceptors (Lipinski definition) is 5. The number of carbonyl (C=O) groups excluding carboxylic acids is 2. The minimum atomic E-state index is -0.197. The summed E-state index contributed by atoms with van der Waals surface area (Å²) in [5.41, 5.74) is 2.26. The van der Waals surface area contributed by atoms with Crippen molar-refractivity contribution in [2.75, 3.05) is 25.0 Å². The van der Waals surface area contributed by atoms with E-state index in [2.05, 4.69) is 20.7 Å². The van der Waals surface area contributed by atoms with Crippen molar-refractivity contribution in [3.8, 4) is 0 Å². The number of carbonyl (C=O) groups is 2. The van der Waals surface area contributed by atoms with E-state index in [1.165, 1.54) is 0 Å². The zero-order valence-corrected chi connectivity index (χ0v) is 16.8. The summed E-state index contributed by atoms with van der Waals surface area (Å²) in [5, 5.41) is 9.97. The van der Waals surface area contributed by atoms with Crippen LogP contribution in [-0.4, -0.2) is 48.1 Å². The van der Waals surface area contributed by atoms with Crippen LogP contribution < -0.4 is 10.6 Å². The van der Waals surface area contributed by atoms with Crippen LogP contribution in [0.25, 0.3) is 0 Å². The van der Waals surface area contributed by atoms with Gasteiger partial charge in [0.25, 0.3) is 5.91 Å². The zero-order valence-electron chi connectivity index (χ0n) is 16.8. The molecular formula is C23H26N4O3. The SMILES string of the molecule is O=C(CN1CCC(NC(=O)C2=NOC(c3ccccc3)C2)CC1)Nc1ccccc1. The molecule has 0 aliphatic carbocycles. The Hall–Kier alpha value is -3.19. The molecule has 0 saturated carbocycles. The summed E-state index contributed by atoms with van der Waals surface area (Å²) >= 11 is 0. The Balaban J connectivity index is 1.18. The zero-order chi connectivity index (χ0) is 20.8. The summed E-state index contributed by atoms with van der Waals surface area (Å²) in [6.07, 6.45) is 1.90. The highest BCUT2D eigenvalue weighted by molar-refractivity contribution is 6.39. The highest BCUT2D eigenvalue weighted by Gasteiger charge is 2.29. The summed E-state index contributed by atoms with van der Waals surface area (Å²) < 4.78 is 0. The minimum Gasteiger partial charge on any atom is -0.387 e. The van der Waals surface area contributed by atoms with E-state index >= 15 is 0 Å². The maximum Gasteiger partial charge on any atom is 0.269 e. The molecule has 30 heavy (non-hydrogen) atoms. The van der Waals surface area contributed by atoms with Gasteiger partial charge in [-0.2, -0.15) is 0 Å². The fourth-order valence-corrected chi connectivity index (χ4v) is 3.79. The number of piperidine rings is 1. The molecule has 4 rings (SSSR count). The van der Waals surface area contributed by atoms with E-state index in [9.17, 15) is 9.59 Å². The van der Waals surface area contributed by atoms with Gasteiger partial charge in [-0.05, 0) is 30.5 Å². The molecule has 0 bridgehead atoms. The van der Waals surface area contributed by atoms with E-state index < -0.39 is 0 Å². The Labute approximate surface area is 176 Å². The maximum absolute atomic E-state index is 12.6. The Kier molecular flexibility index (Phi) is 6.39.